The predicted molar refractivity (Wildman–Crippen MR) is 74.5 cm³/mol. The second-order valence-corrected chi connectivity index (χ2v) is 5.74. The van der Waals surface area contributed by atoms with Gasteiger partial charge in [-0.2, -0.15) is 0 Å². The normalized spacial score (nSPS) is 11.0. The molecule has 0 saturated carbocycles. The fraction of sp³-hybridized carbons (Fsp3) is 0.583. The van der Waals surface area contributed by atoms with Gasteiger partial charge in [-0.15, -0.1) is 0 Å². The van der Waals surface area contributed by atoms with Gasteiger partial charge in [0, 0.05) is 13.6 Å². The number of rotatable bonds is 5. The number of carbonyl (C=O) groups is 2. The molecule has 0 aromatic carbocycles. The Kier molecular flexibility index (Phi) is 4.88. The molecule has 0 fully saturated rings. The first kappa shape index (κ1) is 15.4. The maximum Gasteiger partial charge on any atom is 0.350 e. The quantitative estimate of drug-likeness (QED) is 0.800. The van der Waals surface area contributed by atoms with E-state index in [2.05, 4.69) is 20.4 Å². The fourth-order valence-electron chi connectivity index (χ4n) is 1.47. The monoisotopic (exact) mass is 285 g/mol. The molecule has 0 unspecified atom stereocenters. The Labute approximate surface area is 116 Å². The molecule has 19 heavy (non-hydrogen) atoms. The second-order valence-electron chi connectivity index (χ2n) is 4.74. The van der Waals surface area contributed by atoms with Gasteiger partial charge in [0.25, 0.3) is 0 Å². The molecular weight excluding hydrogens is 266 g/mol. The highest BCUT2D eigenvalue weighted by atomic mass is 32.1. The number of hydrogen-bond donors (Lipinski definition) is 2. The van der Waals surface area contributed by atoms with E-state index in [-0.39, 0.29) is 5.91 Å². The molecule has 0 atom stereocenters. The van der Waals surface area contributed by atoms with Crippen LogP contribution in [0, 0.1) is 12.3 Å². The number of methoxy groups -OCH3 is 1. The summed E-state index contributed by atoms with van der Waals surface area (Å²) >= 11 is 1.22. The van der Waals surface area contributed by atoms with Crippen molar-refractivity contribution in [2.75, 3.05) is 26.0 Å². The number of thiazole rings is 1. The Morgan fingerprint density at radius 3 is 2.58 bits per heavy atom. The molecule has 106 valence electrons. The SMILES string of the molecule is CNC(=O)C(C)(C)CNc1nc(C)c(C(=O)OC)s1. The van der Waals surface area contributed by atoms with Gasteiger partial charge in [0.05, 0.1) is 18.2 Å². The van der Waals surface area contributed by atoms with E-state index in [0.717, 1.165) is 0 Å². The minimum Gasteiger partial charge on any atom is -0.465 e. The number of hydrogen-bond acceptors (Lipinski definition) is 6. The van der Waals surface area contributed by atoms with Gasteiger partial charge in [0.2, 0.25) is 5.91 Å². The Balaban J connectivity index is 2.74. The summed E-state index contributed by atoms with van der Waals surface area (Å²) in [5.74, 6) is -0.449. The van der Waals surface area contributed by atoms with E-state index >= 15 is 0 Å². The minimum absolute atomic E-state index is 0.0542. The average Bonchev–Trinajstić information content (AvgIpc) is 2.75. The van der Waals surface area contributed by atoms with E-state index in [1.807, 2.05) is 13.8 Å². The Morgan fingerprint density at radius 2 is 2.05 bits per heavy atom. The van der Waals surface area contributed by atoms with Crippen molar-refractivity contribution in [2.24, 2.45) is 5.41 Å². The molecule has 0 aliphatic heterocycles. The number of aryl methyl sites for hydroxylation is 1. The van der Waals surface area contributed by atoms with E-state index < -0.39 is 11.4 Å². The summed E-state index contributed by atoms with van der Waals surface area (Å²) in [7, 11) is 2.94. The van der Waals surface area contributed by atoms with E-state index in [9.17, 15) is 9.59 Å². The molecule has 1 heterocycles. The molecule has 1 aromatic heterocycles. The average molecular weight is 285 g/mol. The number of anilines is 1. The number of esters is 1. The van der Waals surface area contributed by atoms with Crippen LogP contribution in [0.4, 0.5) is 5.13 Å². The topological polar surface area (TPSA) is 80.3 Å². The van der Waals surface area contributed by atoms with Gasteiger partial charge >= 0.3 is 5.97 Å². The first-order chi connectivity index (χ1) is 8.81. The largest absolute Gasteiger partial charge is 0.465 e. The van der Waals surface area contributed by atoms with Gasteiger partial charge in [0.15, 0.2) is 5.13 Å². The van der Waals surface area contributed by atoms with Crippen LogP contribution in [0.25, 0.3) is 0 Å². The molecule has 6 nitrogen and oxygen atoms in total. The van der Waals surface area contributed by atoms with Gasteiger partial charge in [-0.25, -0.2) is 9.78 Å². The van der Waals surface area contributed by atoms with Gasteiger partial charge in [0.1, 0.15) is 4.88 Å². The first-order valence-electron chi connectivity index (χ1n) is 5.83. The summed E-state index contributed by atoms with van der Waals surface area (Å²) in [6.07, 6.45) is 0. The summed E-state index contributed by atoms with van der Waals surface area (Å²) in [5, 5.41) is 6.30. The van der Waals surface area contributed by atoms with Crippen molar-refractivity contribution < 1.29 is 14.3 Å². The minimum atomic E-state index is -0.556. The molecule has 0 bridgehead atoms. The Hall–Kier alpha value is -1.63. The van der Waals surface area contributed by atoms with Crippen LogP contribution >= 0.6 is 11.3 Å². The Morgan fingerprint density at radius 1 is 1.42 bits per heavy atom. The van der Waals surface area contributed by atoms with Crippen LogP contribution in [0.15, 0.2) is 0 Å². The summed E-state index contributed by atoms with van der Waals surface area (Å²) in [5.41, 5.74) is 0.0665. The fourth-order valence-corrected chi connectivity index (χ4v) is 2.35. The molecule has 1 rings (SSSR count). The van der Waals surface area contributed by atoms with Gasteiger partial charge in [-0.1, -0.05) is 11.3 Å². The molecule has 1 aromatic rings. The summed E-state index contributed by atoms with van der Waals surface area (Å²) in [4.78, 5) is 27.8. The van der Waals surface area contributed by atoms with E-state index in [1.165, 1.54) is 18.4 Å². The zero-order chi connectivity index (χ0) is 14.6. The highest BCUT2D eigenvalue weighted by Crippen LogP contribution is 2.25. The Bertz CT molecular complexity index is 483. The van der Waals surface area contributed by atoms with Crippen molar-refractivity contribution in [3.05, 3.63) is 10.6 Å². The molecule has 7 heteroatoms. The third-order valence-electron chi connectivity index (χ3n) is 2.69. The predicted octanol–water partition coefficient (Wildman–Crippen LogP) is 1.42. The third kappa shape index (κ3) is 3.66. The van der Waals surface area contributed by atoms with Crippen LogP contribution in [0.1, 0.15) is 29.2 Å². The van der Waals surface area contributed by atoms with Crippen molar-refractivity contribution in [1.29, 1.82) is 0 Å². The van der Waals surface area contributed by atoms with E-state index in [4.69, 9.17) is 0 Å². The maximum atomic E-state index is 11.6. The highest BCUT2D eigenvalue weighted by molar-refractivity contribution is 7.17. The molecule has 0 spiro atoms. The number of nitrogens with zero attached hydrogens (tertiary/aromatic N) is 1. The van der Waals surface area contributed by atoms with Crippen LogP contribution in [0.2, 0.25) is 0 Å². The molecule has 0 aliphatic rings. The smallest absolute Gasteiger partial charge is 0.350 e. The van der Waals surface area contributed by atoms with Crippen LogP contribution in [0.3, 0.4) is 0 Å². The lowest BCUT2D eigenvalue weighted by Crippen LogP contribution is -2.39. The molecule has 1 amide bonds. The standard InChI is InChI=1S/C12H19N3O3S/c1-7-8(9(16)18-5)19-11(15-7)14-6-12(2,3)10(17)13-4/h6H2,1-5H3,(H,13,17)(H,14,15). The van der Waals surface area contributed by atoms with E-state index in [0.29, 0.717) is 22.2 Å². The number of aromatic nitrogens is 1. The van der Waals surface area contributed by atoms with Crippen LogP contribution in [-0.4, -0.2) is 37.6 Å². The van der Waals surface area contributed by atoms with Crippen molar-refractivity contribution in [2.45, 2.75) is 20.8 Å². The van der Waals surface area contributed by atoms with E-state index in [1.54, 1.807) is 14.0 Å². The van der Waals surface area contributed by atoms with Gasteiger partial charge in [-0.3, -0.25) is 4.79 Å². The van der Waals surface area contributed by atoms with Crippen LogP contribution in [-0.2, 0) is 9.53 Å². The summed E-state index contributed by atoms with van der Waals surface area (Å²) in [6, 6.07) is 0. The molecule has 0 aliphatic carbocycles. The van der Waals surface area contributed by atoms with Crippen LogP contribution in [0.5, 0.6) is 0 Å². The lowest BCUT2D eigenvalue weighted by Gasteiger charge is -2.22. The highest BCUT2D eigenvalue weighted by Gasteiger charge is 2.27. The third-order valence-corrected chi connectivity index (χ3v) is 3.79. The first-order valence-corrected chi connectivity index (χ1v) is 6.65. The number of amides is 1. The second kappa shape index (κ2) is 6.01. The number of nitrogens with one attached hydrogen (secondary N) is 2. The summed E-state index contributed by atoms with van der Waals surface area (Å²) < 4.78 is 4.67. The molecule has 0 saturated heterocycles. The van der Waals surface area contributed by atoms with Gasteiger partial charge < -0.3 is 15.4 Å². The molecular formula is C12H19N3O3S. The van der Waals surface area contributed by atoms with Crippen molar-refractivity contribution >= 4 is 28.3 Å². The number of ether oxygens (including phenoxy) is 1. The zero-order valence-electron chi connectivity index (χ0n) is 11.8. The maximum absolute atomic E-state index is 11.6. The van der Waals surface area contributed by atoms with Crippen molar-refractivity contribution in [3.63, 3.8) is 0 Å². The lowest BCUT2D eigenvalue weighted by atomic mass is 9.92. The molecule has 2 N–H and O–H groups in total. The zero-order valence-corrected chi connectivity index (χ0v) is 12.6. The van der Waals surface area contributed by atoms with Crippen molar-refractivity contribution in [1.82, 2.24) is 10.3 Å². The molecule has 0 radical (unpaired) electrons. The summed E-state index contributed by atoms with van der Waals surface area (Å²) in [6.45, 7) is 5.85. The van der Waals surface area contributed by atoms with Gasteiger partial charge in [-0.05, 0) is 20.8 Å². The lowest BCUT2D eigenvalue weighted by molar-refractivity contribution is -0.128. The number of carbonyl (C=O) groups excluding carboxylic acids is 2. The van der Waals surface area contributed by atoms with Crippen molar-refractivity contribution in [3.8, 4) is 0 Å². The van der Waals surface area contributed by atoms with Crippen LogP contribution < -0.4 is 10.6 Å².